The molecule has 3 aliphatic rings. The average Bonchev–Trinajstić information content (AvgIpc) is 2.19. The molecule has 3 fully saturated rings. The molecule has 3 heteroatoms. The molecular weight excluding hydrogens is 166 g/mol. The summed E-state index contributed by atoms with van der Waals surface area (Å²) in [6.45, 7) is 2.20. The molecule has 3 saturated carbocycles. The molecule has 1 N–H and O–H groups in total. The SMILES string of the molecule is COC12CCC(C)(CC1)/C(=N/O)C2. The predicted octanol–water partition coefficient (Wildman–Crippen LogP) is 2.19. The lowest BCUT2D eigenvalue weighted by atomic mass is 9.58. The number of ether oxygens (including phenoxy) is 1. The van der Waals surface area contributed by atoms with Crippen LogP contribution in [0.3, 0.4) is 0 Å². The summed E-state index contributed by atoms with van der Waals surface area (Å²) in [7, 11) is 1.77. The van der Waals surface area contributed by atoms with Crippen LogP contribution in [0, 0.1) is 5.41 Å². The minimum absolute atomic E-state index is 0.0146. The molecule has 0 heterocycles. The Hall–Kier alpha value is -0.570. The van der Waals surface area contributed by atoms with Gasteiger partial charge >= 0.3 is 0 Å². The van der Waals surface area contributed by atoms with Crippen LogP contribution in [0.25, 0.3) is 0 Å². The first-order valence-corrected chi connectivity index (χ1v) is 4.91. The van der Waals surface area contributed by atoms with Crippen LogP contribution in [-0.2, 0) is 4.74 Å². The zero-order valence-corrected chi connectivity index (χ0v) is 8.34. The van der Waals surface area contributed by atoms with Crippen molar-refractivity contribution in [3.05, 3.63) is 0 Å². The van der Waals surface area contributed by atoms with Crippen molar-refractivity contribution in [2.75, 3.05) is 7.11 Å². The van der Waals surface area contributed by atoms with E-state index in [1.165, 1.54) is 0 Å². The number of hydrogen-bond acceptors (Lipinski definition) is 3. The molecule has 0 unspecified atom stereocenters. The second-order valence-electron chi connectivity index (χ2n) is 4.67. The molecule has 0 amide bonds. The van der Waals surface area contributed by atoms with E-state index in [9.17, 15) is 0 Å². The quantitative estimate of drug-likeness (QED) is 0.500. The highest BCUT2D eigenvalue weighted by Gasteiger charge is 2.50. The molecule has 0 aliphatic heterocycles. The number of rotatable bonds is 1. The Labute approximate surface area is 78.8 Å². The highest BCUT2D eigenvalue weighted by molar-refractivity contribution is 5.92. The van der Waals surface area contributed by atoms with Gasteiger partial charge in [0.1, 0.15) is 0 Å². The molecule has 0 radical (unpaired) electrons. The van der Waals surface area contributed by atoms with Gasteiger partial charge in [0.05, 0.1) is 11.3 Å². The first-order valence-electron chi connectivity index (χ1n) is 4.91. The third-order valence-corrected chi connectivity index (χ3v) is 4.00. The predicted molar refractivity (Wildman–Crippen MR) is 50.2 cm³/mol. The Bertz CT molecular complexity index is 239. The van der Waals surface area contributed by atoms with Crippen molar-refractivity contribution >= 4 is 5.71 Å². The molecule has 13 heavy (non-hydrogen) atoms. The fourth-order valence-electron chi connectivity index (χ4n) is 2.67. The van der Waals surface area contributed by atoms with Crippen molar-refractivity contribution in [2.24, 2.45) is 10.6 Å². The largest absolute Gasteiger partial charge is 0.411 e. The molecular formula is C10H17NO2. The third-order valence-electron chi connectivity index (χ3n) is 4.00. The van der Waals surface area contributed by atoms with Gasteiger partial charge in [-0.3, -0.25) is 0 Å². The highest BCUT2D eigenvalue weighted by Crippen LogP contribution is 2.51. The van der Waals surface area contributed by atoms with Crippen LogP contribution in [-0.4, -0.2) is 23.6 Å². The molecule has 0 saturated heterocycles. The summed E-state index contributed by atoms with van der Waals surface area (Å²) >= 11 is 0. The molecule has 0 spiro atoms. The van der Waals surface area contributed by atoms with Crippen LogP contribution in [0.5, 0.6) is 0 Å². The Morgan fingerprint density at radius 2 is 1.92 bits per heavy atom. The van der Waals surface area contributed by atoms with Crippen molar-refractivity contribution in [1.82, 2.24) is 0 Å². The van der Waals surface area contributed by atoms with E-state index >= 15 is 0 Å². The van der Waals surface area contributed by atoms with Gasteiger partial charge in [0.25, 0.3) is 0 Å². The second kappa shape index (κ2) is 2.71. The maximum absolute atomic E-state index is 8.92. The molecule has 0 aromatic rings. The zero-order chi connectivity index (χ0) is 9.53. The van der Waals surface area contributed by atoms with Gasteiger partial charge in [0.2, 0.25) is 0 Å². The Balaban J connectivity index is 2.28. The normalized spacial score (nSPS) is 47.1. The zero-order valence-electron chi connectivity index (χ0n) is 8.34. The fraction of sp³-hybridized carbons (Fsp3) is 0.900. The third kappa shape index (κ3) is 1.17. The number of methoxy groups -OCH3 is 1. The van der Waals surface area contributed by atoms with E-state index in [2.05, 4.69) is 12.1 Å². The summed E-state index contributed by atoms with van der Waals surface area (Å²) in [5, 5.41) is 12.4. The van der Waals surface area contributed by atoms with E-state index in [1.807, 2.05) is 0 Å². The maximum Gasteiger partial charge on any atom is 0.0732 e. The van der Waals surface area contributed by atoms with Gasteiger partial charge in [-0.25, -0.2) is 0 Å². The maximum atomic E-state index is 8.92. The fourth-order valence-corrected chi connectivity index (χ4v) is 2.67. The molecule has 3 nitrogen and oxygen atoms in total. The molecule has 0 aromatic carbocycles. The van der Waals surface area contributed by atoms with E-state index in [4.69, 9.17) is 9.94 Å². The summed E-state index contributed by atoms with van der Waals surface area (Å²) in [6.07, 6.45) is 5.23. The van der Waals surface area contributed by atoms with E-state index in [0.29, 0.717) is 0 Å². The van der Waals surface area contributed by atoms with Gasteiger partial charge in [0.15, 0.2) is 0 Å². The van der Waals surface area contributed by atoms with Gasteiger partial charge in [0, 0.05) is 18.9 Å². The molecule has 3 aliphatic carbocycles. The van der Waals surface area contributed by atoms with Crippen molar-refractivity contribution in [2.45, 2.75) is 44.6 Å². The lowest BCUT2D eigenvalue weighted by Crippen LogP contribution is -2.51. The van der Waals surface area contributed by atoms with Gasteiger partial charge in [-0.1, -0.05) is 12.1 Å². The monoisotopic (exact) mass is 183 g/mol. The first-order chi connectivity index (χ1) is 6.14. The average molecular weight is 183 g/mol. The lowest BCUT2D eigenvalue weighted by Gasteiger charge is -2.51. The van der Waals surface area contributed by atoms with Crippen molar-refractivity contribution in [3.63, 3.8) is 0 Å². The first kappa shape index (κ1) is 9.00. The highest BCUT2D eigenvalue weighted by atomic mass is 16.5. The number of hydrogen-bond donors (Lipinski definition) is 1. The Kier molecular flexibility index (Phi) is 1.88. The van der Waals surface area contributed by atoms with Gasteiger partial charge in [-0.15, -0.1) is 0 Å². The smallest absolute Gasteiger partial charge is 0.0732 e. The molecule has 2 bridgehead atoms. The summed E-state index contributed by atoms with van der Waals surface area (Å²) in [5.74, 6) is 0. The molecule has 0 aromatic heterocycles. The van der Waals surface area contributed by atoms with E-state index in [0.717, 1.165) is 37.8 Å². The van der Waals surface area contributed by atoms with Crippen LogP contribution in [0.4, 0.5) is 0 Å². The summed E-state index contributed by atoms with van der Waals surface area (Å²) in [4.78, 5) is 0. The second-order valence-corrected chi connectivity index (χ2v) is 4.67. The lowest BCUT2D eigenvalue weighted by molar-refractivity contribution is -0.0669. The van der Waals surface area contributed by atoms with E-state index < -0.39 is 0 Å². The van der Waals surface area contributed by atoms with E-state index in [-0.39, 0.29) is 11.0 Å². The van der Waals surface area contributed by atoms with Gasteiger partial charge in [-0.2, -0.15) is 0 Å². The van der Waals surface area contributed by atoms with Crippen molar-refractivity contribution in [3.8, 4) is 0 Å². The standard InChI is InChI=1S/C10H17NO2/c1-9-3-5-10(13-2,6-4-9)7-8(9)11-12/h12H,3-7H2,1-2H3/b11-8+. The minimum Gasteiger partial charge on any atom is -0.411 e. The Morgan fingerprint density at radius 1 is 1.31 bits per heavy atom. The van der Waals surface area contributed by atoms with Crippen LogP contribution in [0.1, 0.15) is 39.0 Å². The van der Waals surface area contributed by atoms with Crippen LogP contribution >= 0.6 is 0 Å². The number of nitrogens with zero attached hydrogens (tertiary/aromatic N) is 1. The van der Waals surface area contributed by atoms with Gasteiger partial charge in [-0.05, 0) is 25.7 Å². The van der Waals surface area contributed by atoms with Gasteiger partial charge < -0.3 is 9.94 Å². The van der Waals surface area contributed by atoms with Crippen LogP contribution in [0.2, 0.25) is 0 Å². The number of oxime groups is 1. The minimum atomic E-state index is -0.0146. The molecule has 74 valence electrons. The summed E-state index contributed by atoms with van der Waals surface area (Å²) in [6, 6.07) is 0. The molecule has 0 atom stereocenters. The van der Waals surface area contributed by atoms with Crippen LogP contribution in [0.15, 0.2) is 5.16 Å². The summed E-state index contributed by atoms with van der Waals surface area (Å²) < 4.78 is 5.55. The molecule has 3 rings (SSSR count). The van der Waals surface area contributed by atoms with E-state index in [1.54, 1.807) is 7.11 Å². The van der Waals surface area contributed by atoms with Crippen molar-refractivity contribution < 1.29 is 9.94 Å². The topological polar surface area (TPSA) is 41.8 Å². The number of fused-ring (bicyclic) bond motifs is 3. The summed E-state index contributed by atoms with van der Waals surface area (Å²) in [5.41, 5.74) is 1.07. The van der Waals surface area contributed by atoms with Crippen LogP contribution < -0.4 is 0 Å². The Morgan fingerprint density at radius 3 is 2.38 bits per heavy atom. The van der Waals surface area contributed by atoms with Crippen molar-refractivity contribution in [1.29, 1.82) is 0 Å².